The van der Waals surface area contributed by atoms with Crippen LogP contribution in [0, 0.1) is 0 Å². The third-order valence-corrected chi connectivity index (χ3v) is 10.8. The highest BCUT2D eigenvalue weighted by Crippen LogP contribution is 2.33. The summed E-state index contributed by atoms with van der Waals surface area (Å²) in [6.45, 7) is 15.0. The van der Waals surface area contributed by atoms with E-state index in [0.29, 0.717) is 23.7 Å². The molecular formula is C45H86NO4+. The van der Waals surface area contributed by atoms with E-state index in [1.165, 1.54) is 116 Å². The average Bonchev–Trinajstić information content (AvgIpc) is 3.12. The summed E-state index contributed by atoms with van der Waals surface area (Å²) in [5, 5.41) is 0. The van der Waals surface area contributed by atoms with Gasteiger partial charge in [-0.1, -0.05) is 148 Å². The van der Waals surface area contributed by atoms with Crippen LogP contribution in [0.25, 0.3) is 0 Å². The Labute approximate surface area is 312 Å². The van der Waals surface area contributed by atoms with Gasteiger partial charge in [-0.15, -0.1) is 0 Å². The zero-order valence-corrected chi connectivity index (χ0v) is 34.5. The first-order chi connectivity index (χ1) is 24.4. The summed E-state index contributed by atoms with van der Waals surface area (Å²) in [5.74, 6) is -1.73. The molecule has 294 valence electrons. The lowest BCUT2D eigenvalue weighted by Gasteiger charge is -2.48. The van der Waals surface area contributed by atoms with Crippen molar-refractivity contribution in [2.24, 2.45) is 0 Å². The second-order valence-electron chi connectivity index (χ2n) is 14.8. The van der Waals surface area contributed by atoms with Crippen molar-refractivity contribution in [2.75, 3.05) is 19.6 Å². The molecule has 5 nitrogen and oxygen atoms in total. The lowest BCUT2D eigenvalue weighted by molar-refractivity contribution is -1.02. The van der Waals surface area contributed by atoms with Gasteiger partial charge < -0.3 is 9.47 Å². The van der Waals surface area contributed by atoms with Crippen molar-refractivity contribution in [2.45, 2.75) is 234 Å². The van der Waals surface area contributed by atoms with Gasteiger partial charge >= 0.3 is 17.8 Å². The van der Waals surface area contributed by atoms with Crippen LogP contribution in [-0.2, 0) is 19.1 Å². The Balaban J connectivity index is 4.46. The zero-order chi connectivity index (χ0) is 37.0. The standard InChI is InChI=1S/C45H86NO4/c1-7-13-15-17-19-21-23-25-27-29-31-33-35-37-39-41-43(47)49-45(9-3,46(10-4,11-5)12-6)50-44(48)42-40-38-36-34-32-30-28-26-24-22-20-18-16-14-8-2/h25-28H,7-24,29-42H2,1-6H3/q+1/b27-25-,28-26-. The van der Waals surface area contributed by atoms with Gasteiger partial charge in [0.2, 0.25) is 0 Å². The van der Waals surface area contributed by atoms with Gasteiger partial charge in [0.05, 0.1) is 26.1 Å². The monoisotopic (exact) mass is 705 g/mol. The molecule has 5 heteroatoms. The topological polar surface area (TPSA) is 52.6 Å². The highest BCUT2D eigenvalue weighted by Gasteiger charge is 2.54. The van der Waals surface area contributed by atoms with E-state index in [1.54, 1.807) is 0 Å². The van der Waals surface area contributed by atoms with Crippen molar-refractivity contribution in [3.05, 3.63) is 24.3 Å². The molecular weight excluding hydrogens is 618 g/mol. The summed E-state index contributed by atoms with van der Waals surface area (Å²) in [4.78, 5) is 26.4. The van der Waals surface area contributed by atoms with Gasteiger partial charge in [-0.3, -0.25) is 9.59 Å². The Morgan fingerprint density at radius 1 is 0.420 bits per heavy atom. The average molecular weight is 705 g/mol. The van der Waals surface area contributed by atoms with Crippen molar-refractivity contribution >= 4 is 11.9 Å². The number of quaternary nitrogens is 1. The highest BCUT2D eigenvalue weighted by atomic mass is 16.8. The molecule has 0 saturated carbocycles. The first-order valence-electron chi connectivity index (χ1n) is 22.0. The fourth-order valence-corrected chi connectivity index (χ4v) is 7.23. The summed E-state index contributed by atoms with van der Waals surface area (Å²) in [5.41, 5.74) is 0. The predicted molar refractivity (Wildman–Crippen MR) is 216 cm³/mol. The van der Waals surface area contributed by atoms with E-state index in [2.05, 4.69) is 58.9 Å². The van der Waals surface area contributed by atoms with Gasteiger partial charge in [-0.05, 0) is 85.0 Å². The fourth-order valence-electron chi connectivity index (χ4n) is 7.23. The van der Waals surface area contributed by atoms with Crippen LogP contribution < -0.4 is 0 Å². The van der Waals surface area contributed by atoms with Crippen molar-refractivity contribution in [1.29, 1.82) is 0 Å². The summed E-state index contributed by atoms with van der Waals surface area (Å²) >= 11 is 0. The number of esters is 2. The Hall–Kier alpha value is -1.62. The van der Waals surface area contributed by atoms with Gasteiger partial charge in [0.25, 0.3) is 0 Å². The molecule has 0 aromatic carbocycles. The van der Waals surface area contributed by atoms with E-state index in [-0.39, 0.29) is 11.9 Å². The lowest BCUT2D eigenvalue weighted by Crippen LogP contribution is -2.67. The van der Waals surface area contributed by atoms with Crippen LogP contribution in [0.2, 0.25) is 0 Å². The molecule has 0 aliphatic heterocycles. The molecule has 0 aliphatic rings. The number of allylic oxidation sites excluding steroid dienone is 4. The van der Waals surface area contributed by atoms with Crippen LogP contribution in [0.1, 0.15) is 228 Å². The minimum absolute atomic E-state index is 0.240. The molecule has 0 amide bonds. The Kier molecular flexibility index (Phi) is 33.3. The molecule has 0 atom stereocenters. The van der Waals surface area contributed by atoms with E-state index < -0.39 is 5.91 Å². The number of nitrogens with zero attached hydrogens (tertiary/aromatic N) is 1. The number of carbonyl (C=O) groups excluding carboxylic acids is 2. The molecule has 50 heavy (non-hydrogen) atoms. The van der Waals surface area contributed by atoms with Gasteiger partial charge in [-0.25, -0.2) is 4.48 Å². The Morgan fingerprint density at radius 3 is 0.980 bits per heavy atom. The number of hydrogen-bond acceptors (Lipinski definition) is 4. The van der Waals surface area contributed by atoms with Crippen molar-refractivity contribution in [3.8, 4) is 0 Å². The van der Waals surface area contributed by atoms with Crippen LogP contribution in [0.3, 0.4) is 0 Å². The van der Waals surface area contributed by atoms with Crippen LogP contribution in [-0.4, -0.2) is 42.0 Å². The number of unbranched alkanes of at least 4 members (excludes halogenated alkanes) is 22. The number of rotatable bonds is 37. The van der Waals surface area contributed by atoms with Crippen molar-refractivity contribution in [3.63, 3.8) is 0 Å². The molecule has 0 rings (SSSR count). The molecule has 0 aromatic rings. The van der Waals surface area contributed by atoms with Gasteiger partial charge in [0, 0.05) is 12.8 Å². The van der Waals surface area contributed by atoms with Crippen LogP contribution in [0.15, 0.2) is 24.3 Å². The second kappa shape index (κ2) is 34.5. The molecule has 0 fully saturated rings. The number of hydrogen-bond donors (Lipinski definition) is 0. The maximum absolute atomic E-state index is 13.2. The molecule has 0 unspecified atom stereocenters. The molecule has 0 spiro atoms. The smallest absolute Gasteiger partial charge is 0.374 e. The predicted octanol–water partition coefficient (Wildman–Crippen LogP) is 14.1. The minimum Gasteiger partial charge on any atom is -0.374 e. The van der Waals surface area contributed by atoms with Gasteiger partial charge in [-0.2, -0.15) is 0 Å². The molecule has 0 heterocycles. The molecule has 0 aliphatic carbocycles. The molecule has 0 radical (unpaired) electrons. The quantitative estimate of drug-likeness (QED) is 0.0212. The first kappa shape index (κ1) is 48.4. The van der Waals surface area contributed by atoms with E-state index in [0.717, 1.165) is 71.0 Å². The Bertz CT molecular complexity index is 769. The summed E-state index contributed by atoms with van der Waals surface area (Å²) in [7, 11) is 0. The fraction of sp³-hybridized carbons (Fsp3) is 0.867. The van der Waals surface area contributed by atoms with E-state index in [9.17, 15) is 9.59 Å². The normalized spacial score (nSPS) is 12.4. The van der Waals surface area contributed by atoms with Crippen molar-refractivity contribution < 1.29 is 23.5 Å². The molecule has 0 aromatic heterocycles. The second-order valence-corrected chi connectivity index (χ2v) is 14.8. The van der Waals surface area contributed by atoms with Crippen LogP contribution >= 0.6 is 0 Å². The minimum atomic E-state index is -1.25. The summed E-state index contributed by atoms with van der Waals surface area (Å²) in [6, 6.07) is 0. The van der Waals surface area contributed by atoms with Gasteiger partial charge in [0.1, 0.15) is 0 Å². The zero-order valence-electron chi connectivity index (χ0n) is 34.5. The van der Waals surface area contributed by atoms with Crippen LogP contribution in [0.5, 0.6) is 0 Å². The molecule has 0 N–H and O–H groups in total. The largest absolute Gasteiger partial charge is 0.407 e. The summed E-state index contributed by atoms with van der Waals surface area (Å²) in [6.07, 6.45) is 42.5. The molecule has 0 bridgehead atoms. The summed E-state index contributed by atoms with van der Waals surface area (Å²) < 4.78 is 12.9. The maximum atomic E-state index is 13.2. The highest BCUT2D eigenvalue weighted by molar-refractivity contribution is 5.71. The van der Waals surface area contributed by atoms with E-state index >= 15 is 0 Å². The number of carbonyl (C=O) groups is 2. The number of ether oxygens (including phenoxy) is 2. The molecule has 0 saturated heterocycles. The van der Waals surface area contributed by atoms with E-state index in [1.807, 2.05) is 6.92 Å². The lowest BCUT2D eigenvalue weighted by atomic mass is 10.1. The first-order valence-corrected chi connectivity index (χ1v) is 22.0. The third kappa shape index (κ3) is 23.8. The third-order valence-electron chi connectivity index (χ3n) is 10.8. The maximum Gasteiger partial charge on any atom is 0.407 e. The van der Waals surface area contributed by atoms with Crippen LogP contribution in [0.4, 0.5) is 0 Å². The van der Waals surface area contributed by atoms with E-state index in [4.69, 9.17) is 9.47 Å². The van der Waals surface area contributed by atoms with Gasteiger partial charge in [0.15, 0.2) is 0 Å². The van der Waals surface area contributed by atoms with Crippen molar-refractivity contribution in [1.82, 2.24) is 0 Å². The SMILES string of the molecule is CCCCCCCC/C=C\CCCCCCCC(=O)OC(CC)(OC(=O)CCCCCCC/C=C\CCCCCCCC)[N+](CC)(CC)CC. The Morgan fingerprint density at radius 2 is 0.700 bits per heavy atom.